The van der Waals surface area contributed by atoms with Gasteiger partial charge in [0.1, 0.15) is 0 Å². The van der Waals surface area contributed by atoms with Crippen LogP contribution in [0.5, 0.6) is 11.5 Å². The number of benzene rings is 2. The van der Waals surface area contributed by atoms with Crippen molar-refractivity contribution in [2.24, 2.45) is 0 Å². The van der Waals surface area contributed by atoms with Crippen molar-refractivity contribution in [3.05, 3.63) is 70.8 Å². The lowest BCUT2D eigenvalue weighted by molar-refractivity contribution is 0.285. The molecule has 2 rings (SSSR count). The molecule has 2 aromatic rings. The summed E-state index contributed by atoms with van der Waals surface area (Å²) in [5.74, 6) is 1.41. The number of allylic oxidation sites excluding steroid dienone is 2. The Kier molecular flexibility index (Phi) is 7.32. The Morgan fingerprint density at radius 2 is 1.85 bits per heavy atom. The molecule has 0 fully saturated rings. The van der Waals surface area contributed by atoms with Crippen molar-refractivity contribution in [1.82, 2.24) is 0 Å². The van der Waals surface area contributed by atoms with Gasteiger partial charge >= 0.3 is 0 Å². The second kappa shape index (κ2) is 9.70. The molecule has 3 nitrogen and oxygen atoms in total. The predicted molar refractivity (Wildman–Crippen MR) is 108 cm³/mol. The summed E-state index contributed by atoms with van der Waals surface area (Å²) in [5, 5.41) is 10.2. The summed E-state index contributed by atoms with van der Waals surface area (Å²) in [5.41, 5.74) is 3.22. The largest absolute Gasteiger partial charge is 0.490 e. The fourth-order valence-corrected chi connectivity index (χ4v) is 2.75. The van der Waals surface area contributed by atoms with E-state index in [1.54, 1.807) is 12.1 Å². The summed E-state index contributed by atoms with van der Waals surface area (Å²) in [6.07, 6.45) is 4.32. The van der Waals surface area contributed by atoms with Crippen LogP contribution in [0.1, 0.15) is 30.5 Å². The lowest BCUT2D eigenvalue weighted by Gasteiger charge is -2.16. The summed E-state index contributed by atoms with van der Waals surface area (Å²) >= 11 is 5.94. The third-order valence-corrected chi connectivity index (χ3v) is 3.95. The monoisotopic (exact) mass is 367 g/mol. The number of rotatable bonds is 8. The number of hydrogen-bond acceptors (Lipinski definition) is 3. The van der Waals surface area contributed by atoms with Crippen LogP contribution in [0.2, 0.25) is 5.02 Å². The van der Waals surface area contributed by atoms with Crippen LogP contribution in [0.15, 0.2) is 49.1 Å². The number of nitrogens with zero attached hydrogens (tertiary/aromatic N) is 1. The van der Waals surface area contributed by atoms with Gasteiger partial charge in [-0.05, 0) is 61.7 Å². The molecule has 26 heavy (non-hydrogen) atoms. The maximum absolute atomic E-state index is 9.57. The van der Waals surface area contributed by atoms with E-state index >= 15 is 0 Å². The van der Waals surface area contributed by atoms with Crippen LogP contribution in [-0.2, 0) is 6.42 Å². The van der Waals surface area contributed by atoms with Gasteiger partial charge < -0.3 is 9.47 Å². The standard InChI is InChI=1S/C22H22ClNO2/c1-4-7-18-12-16(14-21(25-5-2)22(18)26-6-3)13-19(15-24)17-8-10-20(23)11-9-17/h4,8-14H,1,5-7H2,2-3H3/b19-13-. The van der Waals surface area contributed by atoms with E-state index < -0.39 is 0 Å². The highest BCUT2D eigenvalue weighted by Gasteiger charge is 2.13. The highest BCUT2D eigenvalue weighted by Crippen LogP contribution is 2.35. The normalized spacial score (nSPS) is 10.9. The molecule has 0 atom stereocenters. The smallest absolute Gasteiger partial charge is 0.164 e. The summed E-state index contributed by atoms with van der Waals surface area (Å²) in [4.78, 5) is 0. The summed E-state index contributed by atoms with van der Waals surface area (Å²) in [6.45, 7) is 8.77. The molecule has 0 heterocycles. The molecule has 4 heteroatoms. The number of halogens is 1. The van der Waals surface area contributed by atoms with Gasteiger partial charge in [0.15, 0.2) is 11.5 Å². The van der Waals surface area contributed by atoms with E-state index in [4.69, 9.17) is 21.1 Å². The van der Waals surface area contributed by atoms with Gasteiger partial charge in [-0.25, -0.2) is 0 Å². The Morgan fingerprint density at radius 3 is 2.42 bits per heavy atom. The van der Waals surface area contributed by atoms with Gasteiger partial charge in [0.05, 0.1) is 24.9 Å². The summed E-state index contributed by atoms with van der Waals surface area (Å²) < 4.78 is 11.5. The minimum Gasteiger partial charge on any atom is -0.490 e. The zero-order valence-corrected chi connectivity index (χ0v) is 15.8. The molecule has 0 bridgehead atoms. The molecule has 0 aliphatic rings. The number of nitriles is 1. The average Bonchev–Trinajstić information content (AvgIpc) is 2.64. The fourth-order valence-electron chi connectivity index (χ4n) is 2.62. The molecule has 2 aromatic carbocycles. The molecule has 0 N–H and O–H groups in total. The van der Waals surface area contributed by atoms with Crippen LogP contribution in [0.3, 0.4) is 0 Å². The molecule has 0 radical (unpaired) electrons. The molecule has 0 aromatic heterocycles. The Bertz CT molecular complexity index is 832. The Labute approximate surface area is 160 Å². The molecule has 0 unspecified atom stereocenters. The number of ether oxygens (including phenoxy) is 2. The minimum absolute atomic E-state index is 0.531. The lowest BCUT2D eigenvalue weighted by atomic mass is 10.0. The Hall–Kier alpha value is -2.70. The van der Waals surface area contributed by atoms with E-state index in [1.165, 1.54) is 0 Å². The molecule has 134 valence electrons. The first-order chi connectivity index (χ1) is 12.6. The van der Waals surface area contributed by atoms with Crippen molar-refractivity contribution in [3.8, 4) is 17.6 Å². The van der Waals surface area contributed by atoms with Gasteiger partial charge in [0.2, 0.25) is 0 Å². The second-order valence-corrected chi connectivity index (χ2v) is 5.98. The quantitative estimate of drug-likeness (QED) is 0.330. The molecule has 0 saturated heterocycles. The SMILES string of the molecule is C=CCc1cc(/C=C(/C#N)c2ccc(Cl)cc2)cc(OCC)c1OCC. The van der Waals surface area contributed by atoms with Crippen molar-refractivity contribution in [2.45, 2.75) is 20.3 Å². The van der Waals surface area contributed by atoms with Crippen LogP contribution in [0.4, 0.5) is 0 Å². The fraction of sp³-hybridized carbons (Fsp3) is 0.227. The third-order valence-electron chi connectivity index (χ3n) is 3.69. The van der Waals surface area contributed by atoms with Crippen molar-refractivity contribution in [1.29, 1.82) is 5.26 Å². The molecule has 0 amide bonds. The van der Waals surface area contributed by atoms with E-state index in [2.05, 4.69) is 12.6 Å². The molecular formula is C22H22ClNO2. The second-order valence-electron chi connectivity index (χ2n) is 5.54. The van der Waals surface area contributed by atoms with Gasteiger partial charge in [0, 0.05) is 10.6 Å². The van der Waals surface area contributed by atoms with Gasteiger partial charge in [-0.1, -0.05) is 29.8 Å². The molecule has 0 aliphatic carbocycles. The van der Waals surface area contributed by atoms with Crippen molar-refractivity contribution < 1.29 is 9.47 Å². The topological polar surface area (TPSA) is 42.2 Å². The predicted octanol–water partition coefficient (Wildman–Crippen LogP) is 5.93. The van der Waals surface area contributed by atoms with Gasteiger partial charge in [-0.15, -0.1) is 6.58 Å². The van der Waals surface area contributed by atoms with E-state index in [9.17, 15) is 5.26 Å². The van der Waals surface area contributed by atoms with Gasteiger partial charge in [0.25, 0.3) is 0 Å². The van der Waals surface area contributed by atoms with Crippen molar-refractivity contribution in [2.75, 3.05) is 13.2 Å². The van der Waals surface area contributed by atoms with E-state index in [0.29, 0.717) is 36.0 Å². The maximum atomic E-state index is 9.57. The van der Waals surface area contributed by atoms with Crippen LogP contribution in [0.25, 0.3) is 11.6 Å². The molecule has 0 saturated carbocycles. The molecule has 0 spiro atoms. The molecular weight excluding hydrogens is 346 g/mol. The highest BCUT2D eigenvalue weighted by molar-refractivity contribution is 6.30. The first kappa shape index (κ1) is 19.6. The van der Waals surface area contributed by atoms with Crippen LogP contribution in [-0.4, -0.2) is 13.2 Å². The molecule has 0 aliphatic heterocycles. The summed E-state index contributed by atoms with van der Waals surface area (Å²) in [6, 6.07) is 13.4. The van der Waals surface area contributed by atoms with Crippen molar-refractivity contribution >= 4 is 23.3 Å². The minimum atomic E-state index is 0.531. The summed E-state index contributed by atoms with van der Waals surface area (Å²) in [7, 11) is 0. The lowest BCUT2D eigenvalue weighted by Crippen LogP contribution is -2.02. The van der Waals surface area contributed by atoms with Crippen LogP contribution >= 0.6 is 11.6 Å². The van der Waals surface area contributed by atoms with Crippen LogP contribution in [0, 0.1) is 11.3 Å². The maximum Gasteiger partial charge on any atom is 0.164 e. The highest BCUT2D eigenvalue weighted by atomic mass is 35.5. The zero-order valence-electron chi connectivity index (χ0n) is 15.1. The Balaban J connectivity index is 2.54. The third kappa shape index (κ3) is 4.91. The van der Waals surface area contributed by atoms with Gasteiger partial charge in [-0.3, -0.25) is 0 Å². The first-order valence-electron chi connectivity index (χ1n) is 8.54. The average molecular weight is 368 g/mol. The van der Waals surface area contributed by atoms with Crippen LogP contribution < -0.4 is 9.47 Å². The first-order valence-corrected chi connectivity index (χ1v) is 8.91. The van der Waals surface area contributed by atoms with Gasteiger partial charge in [-0.2, -0.15) is 5.26 Å². The Morgan fingerprint density at radius 1 is 1.15 bits per heavy atom. The van der Waals surface area contributed by atoms with E-state index in [1.807, 2.05) is 50.3 Å². The zero-order chi connectivity index (χ0) is 18.9. The van der Waals surface area contributed by atoms with Crippen molar-refractivity contribution in [3.63, 3.8) is 0 Å². The van der Waals surface area contributed by atoms with E-state index in [-0.39, 0.29) is 0 Å². The van der Waals surface area contributed by atoms with E-state index in [0.717, 1.165) is 22.4 Å². The number of hydrogen-bond donors (Lipinski definition) is 0.